The van der Waals surface area contributed by atoms with Crippen molar-refractivity contribution in [3.8, 4) is 0 Å². The fraction of sp³-hybridized carbons (Fsp3) is 1.00. The Hall–Kier alpha value is 0.270. The molecule has 1 saturated heterocycles. The SMILES string of the molecule is CCNCC1(CN2CCSCC2)CCCCCC1. The summed E-state index contributed by atoms with van der Waals surface area (Å²) in [7, 11) is 0. The van der Waals surface area contributed by atoms with Gasteiger partial charge in [-0.1, -0.05) is 32.6 Å². The summed E-state index contributed by atoms with van der Waals surface area (Å²) in [6, 6.07) is 0. The number of nitrogens with zero attached hydrogens (tertiary/aromatic N) is 1. The molecule has 1 heterocycles. The van der Waals surface area contributed by atoms with Crippen LogP contribution in [0.1, 0.15) is 45.4 Å². The van der Waals surface area contributed by atoms with E-state index in [-0.39, 0.29) is 0 Å². The molecule has 0 atom stereocenters. The first-order valence-electron chi connectivity index (χ1n) is 7.85. The van der Waals surface area contributed by atoms with Gasteiger partial charge in [0.05, 0.1) is 0 Å². The highest BCUT2D eigenvalue weighted by Crippen LogP contribution is 2.35. The van der Waals surface area contributed by atoms with Crippen molar-refractivity contribution in [2.75, 3.05) is 44.2 Å². The molecule has 106 valence electrons. The van der Waals surface area contributed by atoms with Gasteiger partial charge in [0.1, 0.15) is 0 Å². The van der Waals surface area contributed by atoms with Gasteiger partial charge in [-0.2, -0.15) is 11.8 Å². The number of thioether (sulfide) groups is 1. The summed E-state index contributed by atoms with van der Waals surface area (Å²) in [5.41, 5.74) is 0.578. The lowest BCUT2D eigenvalue weighted by Gasteiger charge is -2.39. The maximum atomic E-state index is 3.64. The third-order valence-electron chi connectivity index (χ3n) is 4.58. The van der Waals surface area contributed by atoms with Gasteiger partial charge in [0, 0.05) is 37.7 Å². The van der Waals surface area contributed by atoms with E-state index in [1.54, 1.807) is 0 Å². The zero-order valence-electron chi connectivity index (χ0n) is 12.0. The van der Waals surface area contributed by atoms with E-state index in [1.165, 1.54) is 76.2 Å². The number of rotatable bonds is 5. The zero-order chi connectivity index (χ0) is 12.7. The van der Waals surface area contributed by atoms with E-state index in [9.17, 15) is 0 Å². The van der Waals surface area contributed by atoms with Crippen molar-refractivity contribution in [2.24, 2.45) is 5.41 Å². The summed E-state index contributed by atoms with van der Waals surface area (Å²) in [5.74, 6) is 2.69. The van der Waals surface area contributed by atoms with E-state index < -0.39 is 0 Å². The number of hydrogen-bond acceptors (Lipinski definition) is 3. The van der Waals surface area contributed by atoms with E-state index in [4.69, 9.17) is 0 Å². The molecule has 18 heavy (non-hydrogen) atoms. The van der Waals surface area contributed by atoms with Crippen LogP contribution in [0.4, 0.5) is 0 Å². The number of nitrogens with one attached hydrogen (secondary N) is 1. The minimum atomic E-state index is 0.578. The molecule has 0 aromatic carbocycles. The molecule has 3 heteroatoms. The standard InChI is InChI=1S/C15H30N2S/c1-2-16-13-15(7-5-3-4-6-8-15)14-17-9-11-18-12-10-17/h16H,2-14H2,1H3. The second-order valence-corrected chi connectivity index (χ2v) is 7.31. The summed E-state index contributed by atoms with van der Waals surface area (Å²) in [6.07, 6.45) is 8.72. The fourth-order valence-corrected chi connectivity index (χ4v) is 4.47. The van der Waals surface area contributed by atoms with Gasteiger partial charge in [0.15, 0.2) is 0 Å². The minimum Gasteiger partial charge on any atom is -0.316 e. The van der Waals surface area contributed by atoms with Gasteiger partial charge in [0.25, 0.3) is 0 Å². The smallest absolute Gasteiger partial charge is 0.00729 e. The molecule has 1 aliphatic heterocycles. The molecule has 2 nitrogen and oxygen atoms in total. The zero-order valence-corrected chi connectivity index (χ0v) is 12.9. The molecule has 0 amide bonds. The lowest BCUT2D eigenvalue weighted by Crippen LogP contribution is -2.46. The second kappa shape index (κ2) is 7.76. The van der Waals surface area contributed by atoms with Crippen LogP contribution in [0.5, 0.6) is 0 Å². The second-order valence-electron chi connectivity index (χ2n) is 6.08. The largest absolute Gasteiger partial charge is 0.316 e. The molecule has 0 aromatic rings. The van der Waals surface area contributed by atoms with Crippen molar-refractivity contribution in [2.45, 2.75) is 45.4 Å². The van der Waals surface area contributed by atoms with Crippen LogP contribution in [-0.2, 0) is 0 Å². The van der Waals surface area contributed by atoms with Crippen LogP contribution in [-0.4, -0.2) is 49.1 Å². The quantitative estimate of drug-likeness (QED) is 0.773. The van der Waals surface area contributed by atoms with Crippen LogP contribution >= 0.6 is 11.8 Å². The first-order chi connectivity index (χ1) is 8.85. The van der Waals surface area contributed by atoms with Crippen molar-refractivity contribution >= 4 is 11.8 Å². The first kappa shape index (κ1) is 14.7. The van der Waals surface area contributed by atoms with Crippen molar-refractivity contribution in [3.05, 3.63) is 0 Å². The molecule has 2 fully saturated rings. The number of hydrogen-bond donors (Lipinski definition) is 1. The first-order valence-corrected chi connectivity index (χ1v) is 9.01. The molecule has 0 bridgehead atoms. The highest BCUT2D eigenvalue weighted by Gasteiger charge is 2.32. The summed E-state index contributed by atoms with van der Waals surface area (Å²) in [4.78, 5) is 2.74. The average molecular weight is 270 g/mol. The molecule has 0 unspecified atom stereocenters. The van der Waals surface area contributed by atoms with Gasteiger partial charge in [-0.3, -0.25) is 0 Å². The summed E-state index contributed by atoms with van der Waals surface area (Å²) >= 11 is 2.12. The third kappa shape index (κ3) is 4.43. The van der Waals surface area contributed by atoms with Gasteiger partial charge < -0.3 is 10.2 Å². The van der Waals surface area contributed by atoms with Gasteiger partial charge >= 0.3 is 0 Å². The lowest BCUT2D eigenvalue weighted by molar-refractivity contribution is 0.135. The minimum absolute atomic E-state index is 0.578. The van der Waals surface area contributed by atoms with E-state index in [0.29, 0.717) is 5.41 Å². The predicted molar refractivity (Wildman–Crippen MR) is 82.4 cm³/mol. The van der Waals surface area contributed by atoms with E-state index in [1.807, 2.05) is 0 Å². The molecule has 1 aliphatic carbocycles. The summed E-state index contributed by atoms with van der Waals surface area (Å²) in [5, 5.41) is 3.64. The molecule has 1 N–H and O–H groups in total. The van der Waals surface area contributed by atoms with Crippen molar-refractivity contribution in [1.82, 2.24) is 10.2 Å². The maximum Gasteiger partial charge on any atom is 0.00729 e. The molecule has 0 aromatic heterocycles. The monoisotopic (exact) mass is 270 g/mol. The summed E-state index contributed by atoms with van der Waals surface area (Å²) < 4.78 is 0. The predicted octanol–water partition coefficient (Wildman–Crippen LogP) is 2.99. The van der Waals surface area contributed by atoms with Crippen LogP contribution in [0.2, 0.25) is 0 Å². The fourth-order valence-electron chi connectivity index (χ4n) is 3.49. The highest BCUT2D eigenvalue weighted by atomic mass is 32.2. The Balaban J connectivity index is 1.93. The molecule has 0 radical (unpaired) electrons. The normalized spacial score (nSPS) is 25.8. The van der Waals surface area contributed by atoms with Gasteiger partial charge in [-0.25, -0.2) is 0 Å². The molecule has 0 spiro atoms. The molecular weight excluding hydrogens is 240 g/mol. The van der Waals surface area contributed by atoms with Crippen molar-refractivity contribution in [3.63, 3.8) is 0 Å². The summed E-state index contributed by atoms with van der Waals surface area (Å²) in [6.45, 7) is 8.59. The van der Waals surface area contributed by atoms with E-state index >= 15 is 0 Å². The molecule has 2 rings (SSSR count). The Morgan fingerprint density at radius 1 is 1.06 bits per heavy atom. The van der Waals surface area contributed by atoms with Crippen LogP contribution < -0.4 is 5.32 Å². The Labute approximate surface area is 117 Å². The van der Waals surface area contributed by atoms with Crippen molar-refractivity contribution in [1.29, 1.82) is 0 Å². The van der Waals surface area contributed by atoms with Gasteiger partial charge in [-0.15, -0.1) is 0 Å². The lowest BCUT2D eigenvalue weighted by atomic mass is 9.79. The van der Waals surface area contributed by atoms with Crippen molar-refractivity contribution < 1.29 is 0 Å². The Kier molecular flexibility index (Phi) is 6.33. The average Bonchev–Trinajstić information content (AvgIpc) is 2.64. The Morgan fingerprint density at radius 2 is 1.72 bits per heavy atom. The van der Waals surface area contributed by atoms with Crippen LogP contribution in [0.25, 0.3) is 0 Å². The molecule has 1 saturated carbocycles. The van der Waals surface area contributed by atoms with Crippen LogP contribution in [0, 0.1) is 5.41 Å². The third-order valence-corrected chi connectivity index (χ3v) is 5.52. The van der Waals surface area contributed by atoms with Crippen LogP contribution in [0.15, 0.2) is 0 Å². The van der Waals surface area contributed by atoms with Crippen LogP contribution in [0.3, 0.4) is 0 Å². The molecule has 2 aliphatic rings. The van der Waals surface area contributed by atoms with Gasteiger partial charge in [-0.05, 0) is 24.8 Å². The molecular formula is C15H30N2S. The maximum absolute atomic E-state index is 3.64. The van der Waals surface area contributed by atoms with Gasteiger partial charge in [0.2, 0.25) is 0 Å². The Morgan fingerprint density at radius 3 is 2.33 bits per heavy atom. The van der Waals surface area contributed by atoms with E-state index in [2.05, 4.69) is 28.9 Å². The van der Waals surface area contributed by atoms with E-state index in [0.717, 1.165) is 6.54 Å². The topological polar surface area (TPSA) is 15.3 Å². The highest BCUT2D eigenvalue weighted by molar-refractivity contribution is 7.99. The Bertz CT molecular complexity index is 219.